The SMILES string of the molecule is CC1(CO)CCCCCCCCNCCC1. The highest BCUT2D eigenvalue weighted by Gasteiger charge is 2.22. The van der Waals surface area contributed by atoms with E-state index >= 15 is 0 Å². The average molecular weight is 227 g/mol. The van der Waals surface area contributed by atoms with Crippen LogP contribution in [0.4, 0.5) is 0 Å². The van der Waals surface area contributed by atoms with Gasteiger partial charge in [-0.05, 0) is 44.2 Å². The Balaban J connectivity index is 2.32. The van der Waals surface area contributed by atoms with Crippen molar-refractivity contribution in [3.63, 3.8) is 0 Å². The van der Waals surface area contributed by atoms with Crippen LogP contribution in [0.1, 0.15) is 64.7 Å². The average Bonchev–Trinajstić information content (AvgIpc) is 2.31. The molecule has 0 radical (unpaired) electrons. The molecule has 2 heteroatoms. The number of hydrogen-bond acceptors (Lipinski definition) is 2. The van der Waals surface area contributed by atoms with Crippen LogP contribution in [0.25, 0.3) is 0 Å². The largest absolute Gasteiger partial charge is 0.396 e. The van der Waals surface area contributed by atoms with E-state index in [-0.39, 0.29) is 5.41 Å². The van der Waals surface area contributed by atoms with Crippen LogP contribution >= 0.6 is 0 Å². The molecule has 0 saturated carbocycles. The Bertz CT molecular complexity index is 156. The molecule has 0 spiro atoms. The van der Waals surface area contributed by atoms with E-state index in [9.17, 15) is 5.11 Å². The highest BCUT2D eigenvalue weighted by atomic mass is 16.3. The molecular formula is C14H29NO. The first-order valence-corrected chi connectivity index (χ1v) is 7.08. The quantitative estimate of drug-likeness (QED) is 0.721. The molecule has 1 aliphatic heterocycles. The van der Waals surface area contributed by atoms with E-state index in [4.69, 9.17) is 0 Å². The van der Waals surface area contributed by atoms with E-state index in [1.165, 1.54) is 57.9 Å². The summed E-state index contributed by atoms with van der Waals surface area (Å²) in [6.45, 7) is 4.89. The van der Waals surface area contributed by atoms with Gasteiger partial charge in [0, 0.05) is 6.61 Å². The second kappa shape index (κ2) is 8.08. The van der Waals surface area contributed by atoms with Crippen LogP contribution < -0.4 is 5.32 Å². The van der Waals surface area contributed by atoms with Gasteiger partial charge in [-0.3, -0.25) is 0 Å². The standard InChI is InChI=1S/C14H29NO/c1-14(13-16)9-6-4-2-3-5-7-11-15-12-8-10-14/h15-16H,2-13H2,1H3. The van der Waals surface area contributed by atoms with Crippen molar-refractivity contribution in [2.24, 2.45) is 5.41 Å². The maximum atomic E-state index is 9.49. The molecule has 0 aliphatic carbocycles. The topological polar surface area (TPSA) is 32.3 Å². The van der Waals surface area contributed by atoms with Crippen LogP contribution in [0.15, 0.2) is 0 Å². The Hall–Kier alpha value is -0.0800. The third-order valence-corrected chi connectivity index (χ3v) is 3.90. The molecule has 2 nitrogen and oxygen atoms in total. The number of nitrogens with one attached hydrogen (secondary N) is 1. The number of aliphatic hydroxyl groups is 1. The van der Waals surface area contributed by atoms with E-state index in [2.05, 4.69) is 12.2 Å². The molecular weight excluding hydrogens is 198 g/mol. The van der Waals surface area contributed by atoms with E-state index in [1.54, 1.807) is 0 Å². The monoisotopic (exact) mass is 227 g/mol. The van der Waals surface area contributed by atoms with Crippen LogP contribution in [-0.2, 0) is 0 Å². The Morgan fingerprint density at radius 3 is 2.19 bits per heavy atom. The Labute approximate surface area is 101 Å². The van der Waals surface area contributed by atoms with Crippen molar-refractivity contribution in [2.75, 3.05) is 19.7 Å². The first kappa shape index (κ1) is 14.0. The zero-order valence-corrected chi connectivity index (χ0v) is 10.9. The Kier molecular flexibility index (Phi) is 7.06. The second-order valence-corrected chi connectivity index (χ2v) is 5.69. The Morgan fingerprint density at radius 1 is 0.875 bits per heavy atom. The second-order valence-electron chi connectivity index (χ2n) is 5.69. The highest BCUT2D eigenvalue weighted by molar-refractivity contribution is 4.74. The molecule has 0 bridgehead atoms. The maximum Gasteiger partial charge on any atom is 0.0484 e. The van der Waals surface area contributed by atoms with Gasteiger partial charge >= 0.3 is 0 Å². The van der Waals surface area contributed by atoms with Crippen molar-refractivity contribution >= 4 is 0 Å². The summed E-state index contributed by atoms with van der Waals surface area (Å²) in [6, 6.07) is 0. The molecule has 96 valence electrons. The van der Waals surface area contributed by atoms with E-state index in [0.29, 0.717) is 6.61 Å². The van der Waals surface area contributed by atoms with E-state index < -0.39 is 0 Å². The van der Waals surface area contributed by atoms with E-state index in [1.807, 2.05) is 0 Å². The fraction of sp³-hybridized carbons (Fsp3) is 1.00. The van der Waals surface area contributed by atoms with Gasteiger partial charge in [0.15, 0.2) is 0 Å². The lowest BCUT2D eigenvalue weighted by Crippen LogP contribution is -2.24. The van der Waals surface area contributed by atoms with Gasteiger partial charge in [-0.2, -0.15) is 0 Å². The first-order valence-electron chi connectivity index (χ1n) is 7.08. The molecule has 1 rings (SSSR count). The molecule has 16 heavy (non-hydrogen) atoms. The van der Waals surface area contributed by atoms with Crippen LogP contribution in [0.5, 0.6) is 0 Å². The van der Waals surface area contributed by atoms with Gasteiger partial charge in [0.1, 0.15) is 0 Å². The summed E-state index contributed by atoms with van der Waals surface area (Å²) in [5.41, 5.74) is 0.176. The number of hydrogen-bond donors (Lipinski definition) is 2. The summed E-state index contributed by atoms with van der Waals surface area (Å²) in [6.07, 6.45) is 11.7. The number of rotatable bonds is 1. The van der Waals surface area contributed by atoms with E-state index in [0.717, 1.165) is 13.0 Å². The maximum absolute atomic E-state index is 9.49. The minimum Gasteiger partial charge on any atom is -0.396 e. The van der Waals surface area contributed by atoms with Gasteiger partial charge in [-0.1, -0.05) is 39.0 Å². The molecule has 1 heterocycles. The summed E-state index contributed by atoms with van der Waals surface area (Å²) in [7, 11) is 0. The zero-order chi connectivity index (χ0) is 11.7. The van der Waals surface area contributed by atoms with Crippen LogP contribution in [0, 0.1) is 5.41 Å². The summed E-state index contributed by atoms with van der Waals surface area (Å²) in [5, 5.41) is 13.0. The zero-order valence-electron chi connectivity index (χ0n) is 10.9. The summed E-state index contributed by atoms with van der Waals surface area (Å²) < 4.78 is 0. The van der Waals surface area contributed by atoms with Crippen LogP contribution in [-0.4, -0.2) is 24.8 Å². The van der Waals surface area contributed by atoms with Gasteiger partial charge in [0.2, 0.25) is 0 Å². The van der Waals surface area contributed by atoms with Gasteiger partial charge in [0.25, 0.3) is 0 Å². The molecule has 1 fully saturated rings. The predicted octanol–water partition coefficient (Wildman–Crippen LogP) is 3.10. The summed E-state index contributed by atoms with van der Waals surface area (Å²) in [4.78, 5) is 0. The van der Waals surface area contributed by atoms with Gasteiger partial charge in [-0.25, -0.2) is 0 Å². The lowest BCUT2D eigenvalue weighted by atomic mass is 9.81. The summed E-state index contributed by atoms with van der Waals surface area (Å²) in [5.74, 6) is 0. The van der Waals surface area contributed by atoms with Crippen molar-refractivity contribution in [3.05, 3.63) is 0 Å². The molecule has 0 amide bonds. The van der Waals surface area contributed by atoms with Crippen molar-refractivity contribution in [3.8, 4) is 0 Å². The molecule has 2 N–H and O–H groups in total. The fourth-order valence-electron chi connectivity index (χ4n) is 2.56. The van der Waals surface area contributed by atoms with Crippen molar-refractivity contribution < 1.29 is 5.11 Å². The van der Waals surface area contributed by atoms with Crippen molar-refractivity contribution in [2.45, 2.75) is 64.7 Å². The smallest absolute Gasteiger partial charge is 0.0484 e. The lowest BCUT2D eigenvalue weighted by molar-refractivity contribution is 0.117. The molecule has 0 aromatic carbocycles. The normalized spacial score (nSPS) is 31.1. The fourth-order valence-corrected chi connectivity index (χ4v) is 2.56. The van der Waals surface area contributed by atoms with Crippen molar-refractivity contribution in [1.29, 1.82) is 0 Å². The molecule has 0 aromatic heterocycles. The molecule has 1 atom stereocenters. The minimum atomic E-state index is 0.176. The van der Waals surface area contributed by atoms with Crippen LogP contribution in [0.2, 0.25) is 0 Å². The third-order valence-electron chi connectivity index (χ3n) is 3.90. The molecule has 1 unspecified atom stereocenters. The van der Waals surface area contributed by atoms with Gasteiger partial charge in [-0.15, -0.1) is 0 Å². The summed E-state index contributed by atoms with van der Waals surface area (Å²) >= 11 is 0. The Morgan fingerprint density at radius 2 is 1.44 bits per heavy atom. The number of aliphatic hydroxyl groups excluding tert-OH is 1. The minimum absolute atomic E-state index is 0.176. The molecule has 1 saturated heterocycles. The third kappa shape index (κ3) is 5.86. The van der Waals surface area contributed by atoms with Gasteiger partial charge < -0.3 is 10.4 Å². The lowest BCUT2D eigenvalue weighted by Gasteiger charge is -2.27. The highest BCUT2D eigenvalue weighted by Crippen LogP contribution is 2.29. The predicted molar refractivity (Wildman–Crippen MR) is 69.6 cm³/mol. The van der Waals surface area contributed by atoms with Gasteiger partial charge in [0.05, 0.1) is 0 Å². The van der Waals surface area contributed by atoms with Crippen molar-refractivity contribution in [1.82, 2.24) is 5.32 Å². The molecule has 0 aromatic rings. The molecule has 1 aliphatic rings. The van der Waals surface area contributed by atoms with Crippen LogP contribution in [0.3, 0.4) is 0 Å². The first-order chi connectivity index (χ1) is 7.77.